The van der Waals surface area contributed by atoms with Crippen molar-refractivity contribution in [1.82, 2.24) is 9.80 Å². The Bertz CT molecular complexity index is 1560. The van der Waals surface area contributed by atoms with Gasteiger partial charge in [-0.05, 0) is 72.4 Å². The van der Waals surface area contributed by atoms with Crippen LogP contribution < -0.4 is 14.8 Å². The Morgan fingerprint density at radius 1 is 0.837 bits per heavy atom. The number of thiophene rings is 1. The molecule has 1 aromatic heterocycles. The molecule has 0 unspecified atom stereocenters. The predicted molar refractivity (Wildman–Crippen MR) is 158 cm³/mol. The molecule has 3 aromatic carbocycles. The fourth-order valence-electron chi connectivity index (χ4n) is 4.93. The number of benzene rings is 3. The van der Waals surface area contributed by atoms with Gasteiger partial charge >= 0.3 is 12.1 Å². The predicted octanol–water partition coefficient (Wildman–Crippen LogP) is 6.22. The van der Waals surface area contributed by atoms with E-state index in [1.54, 1.807) is 0 Å². The summed E-state index contributed by atoms with van der Waals surface area (Å²) in [6, 6.07) is 24.5. The molecule has 0 bridgehead atoms. The molecule has 1 saturated heterocycles. The molecule has 12 heteroatoms. The van der Waals surface area contributed by atoms with Crippen molar-refractivity contribution in [3.63, 3.8) is 0 Å². The number of rotatable bonds is 6. The average Bonchev–Trinajstić information content (AvgIpc) is 3.57. The highest BCUT2D eigenvalue weighted by atomic mass is 32.1. The fraction of sp³-hybridized carbons (Fsp3) is 0.290. The van der Waals surface area contributed by atoms with E-state index in [1.165, 1.54) is 22.5 Å². The SMILES string of the molecule is O=C(Nc1cccc(CN2CCCN(Cc3ccc4c(c3)OCO4)CC2)c1)c1cc2ccccc2s1.O=C(O)C(F)(F)F. The van der Waals surface area contributed by atoms with E-state index in [9.17, 15) is 18.0 Å². The van der Waals surface area contributed by atoms with Crippen LogP contribution in [0.2, 0.25) is 0 Å². The van der Waals surface area contributed by atoms with Crippen LogP contribution in [0, 0.1) is 0 Å². The molecule has 0 saturated carbocycles. The molecule has 1 amide bonds. The molecular weight excluding hydrogens is 583 g/mol. The maximum Gasteiger partial charge on any atom is 0.490 e. The second-order valence-corrected chi connectivity index (χ2v) is 11.3. The summed E-state index contributed by atoms with van der Waals surface area (Å²) in [5.41, 5.74) is 3.32. The first-order chi connectivity index (χ1) is 20.6. The normalized spacial score (nSPS) is 15.4. The zero-order valence-electron chi connectivity index (χ0n) is 23.1. The average molecular weight is 614 g/mol. The van der Waals surface area contributed by atoms with E-state index in [0.717, 1.165) is 77.8 Å². The highest BCUT2D eigenvalue weighted by Gasteiger charge is 2.38. The van der Waals surface area contributed by atoms with Crippen LogP contribution in [-0.2, 0) is 17.9 Å². The molecule has 2 aliphatic rings. The lowest BCUT2D eigenvalue weighted by molar-refractivity contribution is -0.192. The molecule has 8 nitrogen and oxygen atoms in total. The molecule has 0 aliphatic carbocycles. The molecule has 3 heterocycles. The highest BCUT2D eigenvalue weighted by Crippen LogP contribution is 2.33. The quantitative estimate of drug-likeness (QED) is 0.267. The Hall–Kier alpha value is -4.13. The van der Waals surface area contributed by atoms with Crippen LogP contribution in [-0.4, -0.2) is 65.9 Å². The molecule has 0 radical (unpaired) electrons. The highest BCUT2D eigenvalue weighted by molar-refractivity contribution is 7.20. The number of nitrogens with one attached hydrogen (secondary N) is 1. The summed E-state index contributed by atoms with van der Waals surface area (Å²) in [5, 5.41) is 11.3. The van der Waals surface area contributed by atoms with Gasteiger partial charge in [-0.2, -0.15) is 13.2 Å². The lowest BCUT2D eigenvalue weighted by Gasteiger charge is -2.22. The molecule has 0 spiro atoms. The van der Waals surface area contributed by atoms with Gasteiger partial charge in [-0.25, -0.2) is 4.79 Å². The number of anilines is 1. The van der Waals surface area contributed by atoms with E-state index >= 15 is 0 Å². The molecule has 6 rings (SSSR count). The molecular formula is C31H30F3N3O5S. The Labute approximate surface area is 250 Å². The van der Waals surface area contributed by atoms with Gasteiger partial charge in [-0.15, -0.1) is 11.3 Å². The van der Waals surface area contributed by atoms with Crippen LogP contribution >= 0.6 is 11.3 Å². The molecule has 4 aromatic rings. The van der Waals surface area contributed by atoms with E-state index in [4.69, 9.17) is 19.4 Å². The van der Waals surface area contributed by atoms with Gasteiger partial charge in [0.05, 0.1) is 4.88 Å². The van der Waals surface area contributed by atoms with Crippen molar-refractivity contribution in [1.29, 1.82) is 0 Å². The lowest BCUT2D eigenvalue weighted by Crippen LogP contribution is -2.30. The third-order valence-corrected chi connectivity index (χ3v) is 8.12. The molecule has 1 fully saturated rings. The van der Waals surface area contributed by atoms with Crippen molar-refractivity contribution < 1.29 is 37.3 Å². The van der Waals surface area contributed by atoms with Gasteiger partial charge in [0.25, 0.3) is 5.91 Å². The first-order valence-electron chi connectivity index (χ1n) is 13.7. The Morgan fingerprint density at radius 3 is 2.21 bits per heavy atom. The van der Waals surface area contributed by atoms with Gasteiger partial charge in [-0.3, -0.25) is 14.6 Å². The largest absolute Gasteiger partial charge is 0.490 e. The van der Waals surface area contributed by atoms with Gasteiger partial charge in [0, 0.05) is 36.6 Å². The van der Waals surface area contributed by atoms with Crippen molar-refractivity contribution in [3.8, 4) is 11.5 Å². The molecule has 226 valence electrons. The smallest absolute Gasteiger partial charge is 0.475 e. The Kier molecular flexibility index (Phi) is 9.49. The van der Waals surface area contributed by atoms with Crippen molar-refractivity contribution in [2.45, 2.75) is 25.7 Å². The van der Waals surface area contributed by atoms with E-state index in [2.05, 4.69) is 45.4 Å². The summed E-state index contributed by atoms with van der Waals surface area (Å²) in [4.78, 5) is 27.5. The maximum atomic E-state index is 12.8. The van der Waals surface area contributed by atoms with Crippen LogP contribution in [0.5, 0.6) is 11.5 Å². The number of aliphatic carboxylic acids is 1. The minimum atomic E-state index is -5.08. The maximum absolute atomic E-state index is 12.8. The Balaban J connectivity index is 0.000000472. The van der Waals surface area contributed by atoms with Crippen LogP contribution in [0.15, 0.2) is 72.8 Å². The third-order valence-electron chi connectivity index (χ3n) is 7.01. The van der Waals surface area contributed by atoms with Crippen molar-refractivity contribution in [2.75, 3.05) is 38.3 Å². The number of fused-ring (bicyclic) bond motifs is 2. The zero-order valence-corrected chi connectivity index (χ0v) is 23.9. The number of hydrogen-bond donors (Lipinski definition) is 2. The van der Waals surface area contributed by atoms with Gasteiger partial charge in [-0.1, -0.05) is 36.4 Å². The second kappa shape index (κ2) is 13.4. The van der Waals surface area contributed by atoms with Crippen molar-refractivity contribution in [3.05, 3.63) is 88.8 Å². The zero-order chi connectivity index (χ0) is 30.4. The molecule has 43 heavy (non-hydrogen) atoms. The standard InChI is InChI=1S/C29H29N3O3S.C2HF3O2/c33-29(28-17-23-6-1-2-8-27(23)36-28)30-24-7-3-5-21(15-24)18-31-11-4-12-32(14-13-31)19-22-9-10-25-26(16-22)35-20-34-25;3-2(4,5)1(6)7/h1-3,5-10,15-17H,4,11-14,18-20H2,(H,30,33);(H,6,7). The number of amides is 1. The monoisotopic (exact) mass is 613 g/mol. The Morgan fingerprint density at radius 2 is 1.51 bits per heavy atom. The summed E-state index contributed by atoms with van der Waals surface area (Å²) >= 11 is 1.53. The number of nitrogens with zero attached hydrogens (tertiary/aromatic N) is 2. The van der Waals surface area contributed by atoms with E-state index in [1.807, 2.05) is 42.5 Å². The first kappa shape index (κ1) is 30.3. The summed E-state index contributed by atoms with van der Waals surface area (Å²) in [7, 11) is 0. The van der Waals surface area contributed by atoms with Crippen LogP contribution in [0.1, 0.15) is 27.2 Å². The number of carbonyl (C=O) groups excluding carboxylic acids is 1. The number of hydrogen-bond acceptors (Lipinski definition) is 7. The van der Waals surface area contributed by atoms with Crippen molar-refractivity contribution in [2.24, 2.45) is 0 Å². The summed E-state index contributed by atoms with van der Waals surface area (Å²) in [6.45, 7) is 6.30. The number of carbonyl (C=O) groups is 2. The number of ether oxygens (including phenoxy) is 2. The summed E-state index contributed by atoms with van der Waals surface area (Å²) in [5.74, 6) is -1.12. The molecule has 2 N–H and O–H groups in total. The summed E-state index contributed by atoms with van der Waals surface area (Å²) in [6.07, 6.45) is -3.95. The first-order valence-corrected chi connectivity index (χ1v) is 14.5. The van der Waals surface area contributed by atoms with Crippen LogP contribution in [0.4, 0.5) is 18.9 Å². The number of alkyl halides is 3. The van der Waals surface area contributed by atoms with E-state index in [-0.39, 0.29) is 5.91 Å². The van der Waals surface area contributed by atoms with E-state index in [0.29, 0.717) is 6.79 Å². The molecule has 2 aliphatic heterocycles. The minimum Gasteiger partial charge on any atom is -0.475 e. The van der Waals surface area contributed by atoms with Crippen LogP contribution in [0.25, 0.3) is 10.1 Å². The van der Waals surface area contributed by atoms with Gasteiger partial charge in [0.15, 0.2) is 11.5 Å². The number of carboxylic acids is 1. The van der Waals surface area contributed by atoms with E-state index < -0.39 is 12.1 Å². The fourth-order valence-corrected chi connectivity index (χ4v) is 5.89. The summed E-state index contributed by atoms with van der Waals surface area (Å²) < 4.78 is 43.8. The number of carboxylic acid groups (broad SMARTS) is 1. The van der Waals surface area contributed by atoms with Gasteiger partial charge in [0.2, 0.25) is 6.79 Å². The van der Waals surface area contributed by atoms with Crippen molar-refractivity contribution >= 4 is 39.0 Å². The molecule has 0 atom stereocenters. The van der Waals surface area contributed by atoms with Gasteiger partial charge < -0.3 is 19.9 Å². The minimum absolute atomic E-state index is 0.0534. The third kappa shape index (κ3) is 8.25. The lowest BCUT2D eigenvalue weighted by atomic mass is 10.1. The second-order valence-electron chi connectivity index (χ2n) is 10.2. The van der Waals surface area contributed by atoms with Gasteiger partial charge in [0.1, 0.15) is 0 Å². The topological polar surface area (TPSA) is 91.3 Å². The van der Waals surface area contributed by atoms with Crippen LogP contribution in [0.3, 0.4) is 0 Å². The number of halogens is 3.